The number of carbonyl (C=O) groups is 2. The molecular weight excluding hydrogens is 370 g/mol. The highest BCUT2D eigenvalue weighted by Gasteiger charge is 2.36. The second-order valence-electron chi connectivity index (χ2n) is 7.87. The summed E-state index contributed by atoms with van der Waals surface area (Å²) >= 11 is 0. The number of nitrogens with zero attached hydrogens (tertiary/aromatic N) is 2. The van der Waals surface area contributed by atoms with Gasteiger partial charge in [0.2, 0.25) is 5.91 Å². The predicted molar refractivity (Wildman–Crippen MR) is 111 cm³/mol. The average Bonchev–Trinajstić information content (AvgIpc) is 2.89. The van der Waals surface area contributed by atoms with E-state index in [2.05, 4.69) is 5.32 Å². The standard InChI is InChI=1S/C22H33N3O4/c1-4-23-22(27)25-13-9-17-14-20(26)24(12-10-18(17)15-25)11-8-16-6-5-7-19(28-2)21(16)29-3/h5-7,17-18H,4,8-15H2,1-3H3,(H,23,27). The van der Waals surface area contributed by atoms with Crippen LogP contribution in [0.5, 0.6) is 11.5 Å². The first-order valence-corrected chi connectivity index (χ1v) is 10.6. The van der Waals surface area contributed by atoms with Gasteiger partial charge in [0.25, 0.3) is 0 Å². The summed E-state index contributed by atoms with van der Waals surface area (Å²) in [5, 5.41) is 2.89. The first-order valence-electron chi connectivity index (χ1n) is 10.6. The lowest BCUT2D eigenvalue weighted by Crippen LogP contribution is -2.48. The Morgan fingerprint density at radius 2 is 1.97 bits per heavy atom. The maximum Gasteiger partial charge on any atom is 0.317 e. The van der Waals surface area contributed by atoms with E-state index in [1.54, 1.807) is 14.2 Å². The Morgan fingerprint density at radius 1 is 1.17 bits per heavy atom. The molecule has 0 spiro atoms. The predicted octanol–water partition coefficient (Wildman–Crippen LogP) is 2.54. The quantitative estimate of drug-likeness (QED) is 0.792. The van der Waals surface area contributed by atoms with E-state index in [0.717, 1.165) is 50.2 Å². The third-order valence-corrected chi connectivity index (χ3v) is 6.20. The molecule has 1 N–H and O–H groups in total. The smallest absolute Gasteiger partial charge is 0.317 e. The van der Waals surface area contributed by atoms with Crippen molar-refractivity contribution in [3.63, 3.8) is 0 Å². The zero-order valence-corrected chi connectivity index (χ0v) is 17.8. The molecular formula is C22H33N3O4. The van der Waals surface area contributed by atoms with Gasteiger partial charge in [-0.25, -0.2) is 4.79 Å². The molecule has 2 saturated heterocycles. The summed E-state index contributed by atoms with van der Waals surface area (Å²) in [4.78, 5) is 28.9. The van der Waals surface area contributed by atoms with Crippen molar-refractivity contribution in [2.24, 2.45) is 11.8 Å². The monoisotopic (exact) mass is 403 g/mol. The van der Waals surface area contributed by atoms with Gasteiger partial charge in [0.05, 0.1) is 14.2 Å². The van der Waals surface area contributed by atoms with E-state index in [9.17, 15) is 9.59 Å². The molecule has 0 radical (unpaired) electrons. The molecule has 3 rings (SSSR count). The molecule has 2 atom stereocenters. The molecule has 0 bridgehead atoms. The second-order valence-corrected chi connectivity index (χ2v) is 7.87. The zero-order chi connectivity index (χ0) is 20.8. The number of hydrogen-bond donors (Lipinski definition) is 1. The van der Waals surface area contributed by atoms with Crippen molar-refractivity contribution in [1.29, 1.82) is 0 Å². The molecule has 2 aliphatic rings. The van der Waals surface area contributed by atoms with Crippen molar-refractivity contribution >= 4 is 11.9 Å². The van der Waals surface area contributed by atoms with Crippen molar-refractivity contribution < 1.29 is 19.1 Å². The number of likely N-dealkylation sites (tertiary alicyclic amines) is 2. The fraction of sp³-hybridized carbons (Fsp3) is 0.636. The summed E-state index contributed by atoms with van der Waals surface area (Å²) in [5.41, 5.74) is 1.05. The minimum atomic E-state index is 0.0171. The van der Waals surface area contributed by atoms with E-state index in [1.165, 1.54) is 0 Å². The molecule has 1 aromatic carbocycles. The molecule has 7 nitrogen and oxygen atoms in total. The van der Waals surface area contributed by atoms with Crippen molar-refractivity contribution in [2.75, 3.05) is 46.9 Å². The lowest BCUT2D eigenvalue weighted by molar-refractivity contribution is -0.131. The summed E-state index contributed by atoms with van der Waals surface area (Å²) in [7, 11) is 3.27. The minimum Gasteiger partial charge on any atom is -0.493 e. The Hall–Kier alpha value is -2.44. The number of methoxy groups -OCH3 is 2. The Labute approximate surface area is 173 Å². The van der Waals surface area contributed by atoms with Gasteiger partial charge in [-0.15, -0.1) is 0 Å². The van der Waals surface area contributed by atoms with Crippen LogP contribution in [0, 0.1) is 11.8 Å². The van der Waals surface area contributed by atoms with Gasteiger partial charge in [-0.05, 0) is 49.7 Å². The number of carbonyl (C=O) groups excluding carboxylic acids is 2. The van der Waals surface area contributed by atoms with Crippen LogP contribution in [0.3, 0.4) is 0 Å². The Kier molecular flexibility index (Phi) is 7.23. The topological polar surface area (TPSA) is 71.1 Å². The number of benzene rings is 1. The van der Waals surface area contributed by atoms with Crippen molar-refractivity contribution in [3.8, 4) is 11.5 Å². The third-order valence-electron chi connectivity index (χ3n) is 6.20. The molecule has 0 saturated carbocycles. The number of hydrogen-bond acceptors (Lipinski definition) is 4. The average molecular weight is 404 g/mol. The van der Waals surface area contributed by atoms with Gasteiger partial charge in [0, 0.05) is 39.1 Å². The zero-order valence-electron chi connectivity index (χ0n) is 17.8. The van der Waals surface area contributed by atoms with Crippen LogP contribution in [-0.4, -0.2) is 68.7 Å². The molecule has 7 heteroatoms. The van der Waals surface area contributed by atoms with Gasteiger partial charge in [-0.3, -0.25) is 4.79 Å². The van der Waals surface area contributed by atoms with Gasteiger partial charge in [-0.1, -0.05) is 12.1 Å². The first kappa shape index (κ1) is 21.3. The molecule has 29 heavy (non-hydrogen) atoms. The van der Waals surface area contributed by atoms with Crippen LogP contribution in [0.4, 0.5) is 4.79 Å². The van der Waals surface area contributed by atoms with Gasteiger partial charge >= 0.3 is 6.03 Å². The van der Waals surface area contributed by atoms with Crippen LogP contribution in [0.25, 0.3) is 0 Å². The summed E-state index contributed by atoms with van der Waals surface area (Å²) < 4.78 is 10.9. The van der Waals surface area contributed by atoms with E-state index in [4.69, 9.17) is 9.47 Å². The molecule has 2 heterocycles. The minimum absolute atomic E-state index is 0.0171. The second kappa shape index (κ2) is 9.85. The van der Waals surface area contributed by atoms with E-state index in [1.807, 2.05) is 34.9 Å². The molecule has 2 fully saturated rings. The van der Waals surface area contributed by atoms with Crippen molar-refractivity contribution in [1.82, 2.24) is 15.1 Å². The summed E-state index contributed by atoms with van der Waals surface area (Å²) in [5.74, 6) is 2.45. The van der Waals surface area contributed by atoms with Crippen LogP contribution < -0.4 is 14.8 Å². The fourth-order valence-corrected chi connectivity index (χ4v) is 4.57. The van der Waals surface area contributed by atoms with Crippen LogP contribution >= 0.6 is 0 Å². The highest BCUT2D eigenvalue weighted by Crippen LogP contribution is 2.34. The lowest BCUT2D eigenvalue weighted by Gasteiger charge is -2.37. The van der Waals surface area contributed by atoms with Crippen LogP contribution in [0.15, 0.2) is 18.2 Å². The summed E-state index contributed by atoms with van der Waals surface area (Å²) in [6, 6.07) is 5.87. The molecule has 2 aliphatic heterocycles. The third kappa shape index (κ3) is 4.95. The van der Waals surface area contributed by atoms with E-state index in [0.29, 0.717) is 37.1 Å². The number of para-hydroxylation sites is 1. The van der Waals surface area contributed by atoms with Gasteiger partial charge in [0.15, 0.2) is 11.5 Å². The van der Waals surface area contributed by atoms with Crippen LogP contribution in [-0.2, 0) is 11.2 Å². The van der Waals surface area contributed by atoms with Gasteiger partial charge in [-0.2, -0.15) is 0 Å². The number of ether oxygens (including phenoxy) is 2. The highest BCUT2D eigenvalue weighted by molar-refractivity contribution is 5.77. The largest absolute Gasteiger partial charge is 0.493 e. The maximum atomic E-state index is 12.9. The van der Waals surface area contributed by atoms with Crippen LogP contribution in [0.2, 0.25) is 0 Å². The fourth-order valence-electron chi connectivity index (χ4n) is 4.57. The number of nitrogens with one attached hydrogen (secondary N) is 1. The number of amides is 3. The Morgan fingerprint density at radius 3 is 2.69 bits per heavy atom. The number of urea groups is 1. The molecule has 160 valence electrons. The molecule has 2 unspecified atom stereocenters. The van der Waals surface area contributed by atoms with E-state index < -0.39 is 0 Å². The van der Waals surface area contributed by atoms with Crippen molar-refractivity contribution in [3.05, 3.63) is 23.8 Å². The number of piperidine rings is 1. The highest BCUT2D eigenvalue weighted by atomic mass is 16.5. The summed E-state index contributed by atoms with van der Waals surface area (Å²) in [6.07, 6.45) is 3.17. The number of fused-ring (bicyclic) bond motifs is 1. The molecule has 1 aromatic rings. The lowest BCUT2D eigenvalue weighted by atomic mass is 9.82. The Balaban J connectivity index is 1.61. The molecule has 0 aromatic heterocycles. The SMILES string of the molecule is CCNC(=O)N1CCC2CC(=O)N(CCc3cccc(OC)c3OC)CCC2C1. The van der Waals surface area contributed by atoms with E-state index in [-0.39, 0.29) is 11.9 Å². The van der Waals surface area contributed by atoms with Crippen molar-refractivity contribution in [2.45, 2.75) is 32.6 Å². The van der Waals surface area contributed by atoms with E-state index >= 15 is 0 Å². The first-order chi connectivity index (χ1) is 14.1. The Bertz CT molecular complexity index is 724. The molecule has 3 amide bonds. The normalized spacial score (nSPS) is 22.0. The maximum absolute atomic E-state index is 12.9. The van der Waals surface area contributed by atoms with Crippen LogP contribution in [0.1, 0.15) is 31.7 Å². The molecule has 0 aliphatic carbocycles. The number of rotatable bonds is 6. The van der Waals surface area contributed by atoms with Gasteiger partial charge < -0.3 is 24.6 Å². The summed E-state index contributed by atoms with van der Waals surface area (Å²) in [6.45, 7) is 5.48. The van der Waals surface area contributed by atoms with Gasteiger partial charge in [0.1, 0.15) is 0 Å².